The van der Waals surface area contributed by atoms with E-state index in [1.807, 2.05) is 0 Å². The predicted octanol–water partition coefficient (Wildman–Crippen LogP) is 4.99. The Morgan fingerprint density at radius 2 is 2.05 bits per heavy atom. The molecule has 2 unspecified atom stereocenters. The third-order valence-electron chi connectivity index (χ3n) is 6.24. The summed E-state index contributed by atoms with van der Waals surface area (Å²) >= 11 is 0. The number of hydrogen-bond donors (Lipinski definition) is 0. The van der Waals surface area contributed by atoms with Gasteiger partial charge in [0.15, 0.2) is 5.78 Å². The summed E-state index contributed by atoms with van der Waals surface area (Å²) in [7, 11) is 0. The summed E-state index contributed by atoms with van der Waals surface area (Å²) < 4.78 is 6.06. The highest BCUT2D eigenvalue weighted by Gasteiger charge is 2.57. The van der Waals surface area contributed by atoms with E-state index >= 15 is 0 Å². The van der Waals surface area contributed by atoms with Crippen LogP contribution >= 0.6 is 0 Å². The first-order valence-corrected chi connectivity index (χ1v) is 8.79. The maximum atomic E-state index is 12.6. The monoisotopic (exact) mass is 302 g/mol. The lowest BCUT2D eigenvalue weighted by atomic mass is 9.71. The molecular weight excluding hydrogens is 272 g/mol. The fourth-order valence-corrected chi connectivity index (χ4v) is 4.73. The molecule has 0 spiro atoms. The van der Waals surface area contributed by atoms with Crippen molar-refractivity contribution < 1.29 is 9.53 Å². The molecule has 0 aromatic heterocycles. The Morgan fingerprint density at radius 3 is 2.73 bits per heavy atom. The van der Waals surface area contributed by atoms with E-state index in [0.29, 0.717) is 24.2 Å². The van der Waals surface area contributed by atoms with Crippen LogP contribution in [0.15, 0.2) is 22.8 Å². The van der Waals surface area contributed by atoms with Gasteiger partial charge in [0.25, 0.3) is 0 Å². The Bertz CT molecular complexity index is 552. The molecule has 3 rings (SSSR count). The van der Waals surface area contributed by atoms with Crippen LogP contribution in [0.5, 0.6) is 0 Å². The molecule has 0 radical (unpaired) electrons. The smallest absolute Gasteiger partial charge is 0.159 e. The van der Waals surface area contributed by atoms with E-state index in [-0.39, 0.29) is 11.0 Å². The van der Waals surface area contributed by atoms with Gasteiger partial charge < -0.3 is 4.74 Å². The van der Waals surface area contributed by atoms with E-state index < -0.39 is 0 Å². The third-order valence-corrected chi connectivity index (χ3v) is 6.24. The molecule has 1 heterocycles. The maximum absolute atomic E-state index is 12.6. The number of allylic oxidation sites excluding steroid dienone is 4. The van der Waals surface area contributed by atoms with Crippen LogP contribution in [0.2, 0.25) is 0 Å². The molecule has 1 aliphatic heterocycles. The molecule has 122 valence electrons. The third kappa shape index (κ3) is 2.71. The molecule has 2 aliphatic carbocycles. The zero-order valence-corrected chi connectivity index (χ0v) is 14.8. The fraction of sp³-hybridized carbons (Fsp3) is 0.750. The number of carbonyl (C=O) groups is 1. The number of ether oxygens (including phenoxy) is 1. The molecule has 2 nitrogen and oxygen atoms in total. The number of fused-ring (bicyclic) bond motifs is 2. The summed E-state index contributed by atoms with van der Waals surface area (Å²) in [5, 5.41) is 0. The first kappa shape index (κ1) is 16.0. The fourth-order valence-electron chi connectivity index (χ4n) is 4.73. The van der Waals surface area contributed by atoms with E-state index in [9.17, 15) is 4.79 Å². The summed E-state index contributed by atoms with van der Waals surface area (Å²) in [5.74, 6) is 0.786. The van der Waals surface area contributed by atoms with Crippen molar-refractivity contribution in [2.24, 2.45) is 11.3 Å². The lowest BCUT2D eigenvalue weighted by molar-refractivity contribution is -0.115. The average molecular weight is 302 g/mol. The van der Waals surface area contributed by atoms with Crippen LogP contribution < -0.4 is 0 Å². The minimum absolute atomic E-state index is 0.0471. The second-order valence-electron chi connectivity index (χ2n) is 8.47. The molecule has 0 aromatic rings. The maximum Gasteiger partial charge on any atom is 0.159 e. The topological polar surface area (TPSA) is 29.6 Å². The summed E-state index contributed by atoms with van der Waals surface area (Å²) in [5.41, 5.74) is 3.94. The van der Waals surface area contributed by atoms with Crippen molar-refractivity contribution >= 4 is 5.78 Å². The summed E-state index contributed by atoms with van der Waals surface area (Å²) in [6.45, 7) is 11.0. The van der Waals surface area contributed by atoms with E-state index in [4.69, 9.17) is 4.74 Å². The van der Waals surface area contributed by atoms with Crippen LogP contribution in [0.3, 0.4) is 0 Å². The van der Waals surface area contributed by atoms with Gasteiger partial charge in [-0.1, -0.05) is 24.1 Å². The second-order valence-corrected chi connectivity index (χ2v) is 8.47. The molecule has 2 fully saturated rings. The van der Waals surface area contributed by atoms with Gasteiger partial charge in [-0.2, -0.15) is 0 Å². The molecule has 0 bridgehead atoms. The van der Waals surface area contributed by atoms with Gasteiger partial charge in [-0.25, -0.2) is 0 Å². The van der Waals surface area contributed by atoms with Crippen molar-refractivity contribution in [1.82, 2.24) is 0 Å². The van der Waals surface area contributed by atoms with Crippen molar-refractivity contribution in [2.45, 2.75) is 84.8 Å². The summed E-state index contributed by atoms with van der Waals surface area (Å²) in [6.07, 6.45) is 8.92. The Kier molecular flexibility index (Phi) is 3.87. The number of ketones is 1. The van der Waals surface area contributed by atoms with Gasteiger partial charge in [-0.3, -0.25) is 4.79 Å². The highest BCUT2D eigenvalue weighted by molar-refractivity contribution is 5.99. The molecule has 2 heteroatoms. The highest BCUT2D eigenvalue weighted by atomic mass is 16.6. The number of hydrogen-bond acceptors (Lipinski definition) is 2. The standard InChI is InChI=1S/C20H30O2/c1-13(2)18-15-9-8-14(3)7-6-10-20(5)17(22-20)12-19(15,4)11-16(18)21/h7,15,17H,6,8-12H2,1-5H3/t15?,17-,19-,20?/m0/s1. The SMILES string of the molecule is CC1=CCCC2(C)O[C@H]2C[C@]2(C)CC(=O)C(=C(C)C)C2CC1. The van der Waals surface area contributed by atoms with Crippen molar-refractivity contribution in [1.29, 1.82) is 0 Å². The second kappa shape index (κ2) is 5.33. The molecule has 3 aliphatic rings. The highest BCUT2D eigenvalue weighted by Crippen LogP contribution is 2.56. The molecule has 0 N–H and O–H groups in total. The van der Waals surface area contributed by atoms with Crippen LogP contribution in [-0.4, -0.2) is 17.5 Å². The van der Waals surface area contributed by atoms with Crippen LogP contribution in [0, 0.1) is 11.3 Å². The molecule has 0 amide bonds. The zero-order valence-electron chi connectivity index (χ0n) is 14.8. The molecule has 22 heavy (non-hydrogen) atoms. The van der Waals surface area contributed by atoms with Crippen molar-refractivity contribution in [3.05, 3.63) is 22.8 Å². The molecule has 1 saturated carbocycles. The largest absolute Gasteiger partial charge is 0.366 e. The van der Waals surface area contributed by atoms with Crippen LogP contribution in [-0.2, 0) is 9.53 Å². The van der Waals surface area contributed by atoms with Crippen molar-refractivity contribution in [3.8, 4) is 0 Å². The normalized spacial score (nSPS) is 42.1. The van der Waals surface area contributed by atoms with Gasteiger partial charge in [-0.15, -0.1) is 0 Å². The van der Waals surface area contributed by atoms with E-state index in [1.54, 1.807) is 0 Å². The van der Waals surface area contributed by atoms with Gasteiger partial charge in [-0.05, 0) is 76.7 Å². The van der Waals surface area contributed by atoms with E-state index in [1.165, 1.54) is 11.1 Å². The van der Waals surface area contributed by atoms with Crippen LogP contribution in [0.1, 0.15) is 73.1 Å². The molecular formula is C20H30O2. The number of carbonyl (C=O) groups excluding carboxylic acids is 1. The molecule has 0 aromatic carbocycles. The Morgan fingerprint density at radius 1 is 1.32 bits per heavy atom. The first-order valence-electron chi connectivity index (χ1n) is 8.79. The van der Waals surface area contributed by atoms with Gasteiger partial charge in [0.1, 0.15) is 0 Å². The lowest BCUT2D eigenvalue weighted by Gasteiger charge is -2.31. The predicted molar refractivity (Wildman–Crippen MR) is 89.7 cm³/mol. The van der Waals surface area contributed by atoms with Gasteiger partial charge >= 0.3 is 0 Å². The lowest BCUT2D eigenvalue weighted by Crippen LogP contribution is -2.26. The number of epoxide rings is 1. The minimum Gasteiger partial charge on any atom is -0.366 e. The van der Waals surface area contributed by atoms with Gasteiger partial charge in [0, 0.05) is 6.42 Å². The van der Waals surface area contributed by atoms with Crippen LogP contribution in [0.25, 0.3) is 0 Å². The Balaban J connectivity index is 1.95. The minimum atomic E-state index is 0.0471. The van der Waals surface area contributed by atoms with Gasteiger partial charge in [0.2, 0.25) is 0 Å². The Hall–Kier alpha value is -0.890. The Labute approximate surface area is 135 Å². The number of Topliss-reactive ketones (excluding diaryl/α,β-unsaturated/α-hetero) is 1. The quantitative estimate of drug-likeness (QED) is 0.358. The first-order chi connectivity index (χ1) is 10.3. The number of rotatable bonds is 0. The van der Waals surface area contributed by atoms with Crippen LogP contribution in [0.4, 0.5) is 0 Å². The zero-order chi connectivity index (χ0) is 16.1. The van der Waals surface area contributed by atoms with E-state index in [0.717, 1.165) is 37.7 Å². The van der Waals surface area contributed by atoms with Crippen molar-refractivity contribution in [3.63, 3.8) is 0 Å². The molecule has 4 atom stereocenters. The van der Waals surface area contributed by atoms with E-state index in [2.05, 4.69) is 40.7 Å². The van der Waals surface area contributed by atoms with Crippen molar-refractivity contribution in [2.75, 3.05) is 0 Å². The average Bonchev–Trinajstić information content (AvgIpc) is 2.92. The molecule has 1 saturated heterocycles. The summed E-state index contributed by atoms with van der Waals surface area (Å²) in [4.78, 5) is 12.6. The van der Waals surface area contributed by atoms with Gasteiger partial charge in [0.05, 0.1) is 11.7 Å². The summed E-state index contributed by atoms with van der Waals surface area (Å²) in [6, 6.07) is 0.